The molecule has 7 heteroatoms. The minimum absolute atomic E-state index is 0.290. The van der Waals surface area contributed by atoms with Crippen molar-refractivity contribution < 1.29 is 13.2 Å². The van der Waals surface area contributed by atoms with Gasteiger partial charge in [0.05, 0.1) is 5.56 Å². The number of halogens is 3. The molecule has 2 N–H and O–H groups in total. The summed E-state index contributed by atoms with van der Waals surface area (Å²) in [5.41, 5.74) is 5.08. The molecular formula is C12H10F3N3S. The molecule has 0 aliphatic carbocycles. The fraction of sp³-hybridized carbons (Fsp3) is 0.167. The van der Waals surface area contributed by atoms with Crippen molar-refractivity contribution in [2.24, 2.45) is 0 Å². The van der Waals surface area contributed by atoms with Crippen LogP contribution in [0.5, 0.6) is 0 Å². The highest BCUT2D eigenvalue weighted by atomic mass is 32.2. The van der Waals surface area contributed by atoms with Crippen LogP contribution in [0.4, 0.5) is 18.9 Å². The van der Waals surface area contributed by atoms with E-state index in [1.54, 1.807) is 12.4 Å². The van der Waals surface area contributed by atoms with Gasteiger partial charge in [-0.3, -0.25) is 0 Å². The number of alkyl halides is 3. The van der Waals surface area contributed by atoms with Gasteiger partial charge in [0.25, 0.3) is 0 Å². The number of benzene rings is 1. The van der Waals surface area contributed by atoms with E-state index in [2.05, 4.69) is 9.97 Å². The van der Waals surface area contributed by atoms with Crippen LogP contribution in [0.3, 0.4) is 0 Å². The Bertz CT molecular complexity index is 582. The second-order valence-electron chi connectivity index (χ2n) is 3.89. The van der Waals surface area contributed by atoms with E-state index in [4.69, 9.17) is 5.73 Å². The van der Waals surface area contributed by atoms with E-state index >= 15 is 0 Å². The van der Waals surface area contributed by atoms with Crippen molar-refractivity contribution in [2.45, 2.75) is 23.2 Å². The van der Waals surface area contributed by atoms with E-state index < -0.39 is 11.7 Å². The minimum Gasteiger partial charge on any atom is -0.398 e. The van der Waals surface area contributed by atoms with Gasteiger partial charge in [0.2, 0.25) is 0 Å². The molecule has 0 fully saturated rings. The molecular weight excluding hydrogens is 275 g/mol. The Kier molecular flexibility index (Phi) is 3.66. The molecule has 2 rings (SSSR count). The van der Waals surface area contributed by atoms with Gasteiger partial charge in [0.1, 0.15) is 0 Å². The van der Waals surface area contributed by atoms with Crippen LogP contribution in [0.25, 0.3) is 0 Å². The largest absolute Gasteiger partial charge is 0.418 e. The minimum atomic E-state index is -4.46. The quantitative estimate of drug-likeness (QED) is 0.677. The first-order chi connectivity index (χ1) is 8.86. The molecule has 0 spiro atoms. The fourth-order valence-electron chi connectivity index (χ4n) is 1.38. The van der Waals surface area contributed by atoms with Gasteiger partial charge < -0.3 is 5.73 Å². The van der Waals surface area contributed by atoms with Crippen LogP contribution in [0.1, 0.15) is 11.1 Å². The molecule has 0 aliphatic heterocycles. The van der Waals surface area contributed by atoms with E-state index in [1.165, 1.54) is 12.1 Å². The maximum Gasteiger partial charge on any atom is 0.418 e. The number of rotatable bonds is 2. The zero-order valence-electron chi connectivity index (χ0n) is 9.90. The van der Waals surface area contributed by atoms with Crippen molar-refractivity contribution in [3.63, 3.8) is 0 Å². The van der Waals surface area contributed by atoms with Gasteiger partial charge in [0, 0.05) is 23.0 Å². The van der Waals surface area contributed by atoms with Crippen LogP contribution >= 0.6 is 11.8 Å². The standard InChI is InChI=1S/C12H10F3N3S/c1-7-5-17-11(18-6-7)19-8-2-3-10(16)9(4-8)12(13,14)15/h2-6H,16H2,1H3. The van der Waals surface area contributed by atoms with Crippen LogP contribution in [-0.2, 0) is 6.18 Å². The van der Waals surface area contributed by atoms with Crippen molar-refractivity contribution in [3.05, 3.63) is 41.7 Å². The van der Waals surface area contributed by atoms with Crippen LogP contribution in [-0.4, -0.2) is 9.97 Å². The highest BCUT2D eigenvalue weighted by Crippen LogP contribution is 2.36. The number of anilines is 1. The van der Waals surface area contributed by atoms with E-state index in [-0.39, 0.29) is 5.69 Å². The van der Waals surface area contributed by atoms with Gasteiger partial charge in [0.15, 0.2) is 5.16 Å². The van der Waals surface area contributed by atoms with Crippen molar-refractivity contribution in [1.29, 1.82) is 0 Å². The summed E-state index contributed by atoms with van der Waals surface area (Å²) in [5.74, 6) is 0. The Hall–Kier alpha value is -1.76. The van der Waals surface area contributed by atoms with Crippen LogP contribution < -0.4 is 5.73 Å². The van der Waals surface area contributed by atoms with Crippen LogP contribution in [0.15, 0.2) is 40.6 Å². The molecule has 100 valence electrons. The highest BCUT2D eigenvalue weighted by Gasteiger charge is 2.33. The van der Waals surface area contributed by atoms with Gasteiger partial charge in [-0.1, -0.05) is 0 Å². The third-order valence-corrected chi connectivity index (χ3v) is 3.18. The SMILES string of the molecule is Cc1cnc(Sc2ccc(N)c(C(F)(F)F)c2)nc1. The number of nitrogens with two attached hydrogens (primary N) is 1. The van der Waals surface area contributed by atoms with Crippen molar-refractivity contribution >= 4 is 17.4 Å². The predicted octanol–water partition coefficient (Wildman–Crippen LogP) is 3.54. The number of hydrogen-bond acceptors (Lipinski definition) is 4. The average molecular weight is 285 g/mol. The Morgan fingerprint density at radius 1 is 1.16 bits per heavy atom. The van der Waals surface area contributed by atoms with Gasteiger partial charge >= 0.3 is 6.18 Å². The smallest absolute Gasteiger partial charge is 0.398 e. The summed E-state index contributed by atoms with van der Waals surface area (Å²) in [7, 11) is 0. The molecule has 1 aromatic carbocycles. The van der Waals surface area contributed by atoms with Gasteiger partial charge in [-0.15, -0.1) is 0 Å². The molecule has 0 bridgehead atoms. The first-order valence-electron chi connectivity index (χ1n) is 5.29. The molecule has 0 amide bonds. The van der Waals surface area contributed by atoms with Crippen LogP contribution in [0.2, 0.25) is 0 Å². The second kappa shape index (κ2) is 5.08. The number of nitrogen functional groups attached to an aromatic ring is 1. The molecule has 0 atom stereocenters. The summed E-state index contributed by atoms with van der Waals surface area (Å²) in [5, 5.41) is 0.392. The van der Waals surface area contributed by atoms with E-state index in [9.17, 15) is 13.2 Å². The Balaban J connectivity index is 2.29. The average Bonchev–Trinajstić information content (AvgIpc) is 2.33. The maximum atomic E-state index is 12.7. The topological polar surface area (TPSA) is 51.8 Å². The number of hydrogen-bond donors (Lipinski definition) is 1. The zero-order valence-corrected chi connectivity index (χ0v) is 10.7. The van der Waals surface area contributed by atoms with Crippen molar-refractivity contribution in [3.8, 4) is 0 Å². The Morgan fingerprint density at radius 3 is 2.37 bits per heavy atom. The molecule has 0 saturated heterocycles. The molecule has 2 aromatic rings. The Labute approximate surface area is 112 Å². The number of aromatic nitrogens is 2. The third-order valence-electron chi connectivity index (χ3n) is 2.30. The summed E-state index contributed by atoms with van der Waals surface area (Å²) in [4.78, 5) is 8.45. The van der Waals surface area contributed by atoms with Gasteiger partial charge in [-0.2, -0.15) is 13.2 Å². The molecule has 0 aliphatic rings. The zero-order chi connectivity index (χ0) is 14.0. The monoisotopic (exact) mass is 285 g/mol. The van der Waals surface area contributed by atoms with E-state index in [1.807, 2.05) is 6.92 Å². The molecule has 0 saturated carbocycles. The fourth-order valence-corrected chi connectivity index (χ4v) is 2.12. The van der Waals surface area contributed by atoms with Crippen molar-refractivity contribution in [1.82, 2.24) is 9.97 Å². The second-order valence-corrected chi connectivity index (χ2v) is 4.93. The molecule has 0 unspecified atom stereocenters. The number of aryl methyl sites for hydroxylation is 1. The third kappa shape index (κ3) is 3.37. The predicted molar refractivity (Wildman–Crippen MR) is 66.7 cm³/mol. The van der Waals surface area contributed by atoms with E-state index in [0.29, 0.717) is 10.1 Å². The van der Waals surface area contributed by atoms with Gasteiger partial charge in [-0.05, 0) is 42.4 Å². The summed E-state index contributed by atoms with van der Waals surface area (Å²) in [6.07, 6.45) is -1.25. The molecule has 19 heavy (non-hydrogen) atoms. The lowest BCUT2D eigenvalue weighted by Gasteiger charge is -2.11. The lowest BCUT2D eigenvalue weighted by atomic mass is 10.2. The normalized spacial score (nSPS) is 11.6. The maximum absolute atomic E-state index is 12.7. The first kappa shape index (κ1) is 13.7. The first-order valence-corrected chi connectivity index (χ1v) is 6.11. The molecule has 1 heterocycles. The lowest BCUT2D eigenvalue weighted by Crippen LogP contribution is -2.08. The van der Waals surface area contributed by atoms with E-state index in [0.717, 1.165) is 23.4 Å². The lowest BCUT2D eigenvalue weighted by molar-refractivity contribution is -0.137. The van der Waals surface area contributed by atoms with Crippen LogP contribution in [0, 0.1) is 6.92 Å². The number of nitrogens with zero attached hydrogens (tertiary/aromatic N) is 2. The van der Waals surface area contributed by atoms with Gasteiger partial charge in [-0.25, -0.2) is 9.97 Å². The summed E-state index contributed by atoms with van der Waals surface area (Å²) >= 11 is 1.06. The Morgan fingerprint density at radius 2 is 1.79 bits per heavy atom. The molecule has 3 nitrogen and oxygen atoms in total. The summed E-state index contributed by atoms with van der Waals surface area (Å²) in [6.45, 7) is 1.83. The van der Waals surface area contributed by atoms with Crippen molar-refractivity contribution in [2.75, 3.05) is 5.73 Å². The molecule has 0 radical (unpaired) electrons. The molecule has 1 aromatic heterocycles. The summed E-state index contributed by atoms with van der Waals surface area (Å²) in [6, 6.07) is 3.75. The summed E-state index contributed by atoms with van der Waals surface area (Å²) < 4.78 is 38.1. The highest BCUT2D eigenvalue weighted by molar-refractivity contribution is 7.99.